The Morgan fingerprint density at radius 2 is 1.82 bits per heavy atom. The fourth-order valence-electron chi connectivity index (χ4n) is 4.35. The number of ether oxygens (including phenoxy) is 2. The molecule has 2 aromatic carbocycles. The quantitative estimate of drug-likeness (QED) is 0.657. The number of hydrogen-bond donors (Lipinski definition) is 3. The SMILES string of the molecule is CC(C)c1ccc2c(c1)OC1(O)c3ccccc3C(=O)C21NC(=O)CNC(=O)OC(C)(C)C. The van der Waals surface area contributed by atoms with Gasteiger partial charge in [-0.3, -0.25) is 9.59 Å². The zero-order valence-corrected chi connectivity index (χ0v) is 19.3. The fourth-order valence-corrected chi connectivity index (χ4v) is 4.35. The first-order chi connectivity index (χ1) is 15.4. The number of ketones is 1. The summed E-state index contributed by atoms with van der Waals surface area (Å²) in [5.41, 5.74) is -0.743. The van der Waals surface area contributed by atoms with Crippen molar-refractivity contribution in [2.45, 2.75) is 57.5 Å². The maximum absolute atomic E-state index is 13.7. The molecule has 2 unspecified atom stereocenters. The van der Waals surface area contributed by atoms with E-state index in [1.54, 1.807) is 57.2 Å². The summed E-state index contributed by atoms with van der Waals surface area (Å²) in [6.45, 7) is 8.71. The van der Waals surface area contributed by atoms with Crippen LogP contribution in [0.2, 0.25) is 0 Å². The summed E-state index contributed by atoms with van der Waals surface area (Å²) in [5, 5.41) is 16.8. The second-order valence-electron chi connectivity index (χ2n) is 9.68. The molecular formula is C25H28N2O6. The molecule has 0 radical (unpaired) electrons. The van der Waals surface area contributed by atoms with Crippen LogP contribution < -0.4 is 15.4 Å². The zero-order valence-electron chi connectivity index (χ0n) is 19.3. The fraction of sp³-hybridized carbons (Fsp3) is 0.400. The molecule has 4 rings (SSSR count). The van der Waals surface area contributed by atoms with Crippen LogP contribution in [0.25, 0.3) is 0 Å². The Morgan fingerprint density at radius 1 is 1.12 bits per heavy atom. The second kappa shape index (κ2) is 7.59. The van der Waals surface area contributed by atoms with Crippen LogP contribution in [0.3, 0.4) is 0 Å². The number of hydrogen-bond acceptors (Lipinski definition) is 6. The molecule has 8 nitrogen and oxygen atoms in total. The van der Waals surface area contributed by atoms with Gasteiger partial charge in [-0.25, -0.2) is 4.79 Å². The highest BCUT2D eigenvalue weighted by atomic mass is 16.6. The van der Waals surface area contributed by atoms with E-state index < -0.39 is 41.3 Å². The van der Waals surface area contributed by atoms with Crippen LogP contribution in [0.1, 0.15) is 67.6 Å². The lowest BCUT2D eigenvalue weighted by Crippen LogP contribution is -2.61. The van der Waals surface area contributed by atoms with E-state index in [1.165, 1.54) is 0 Å². The van der Waals surface area contributed by atoms with Crippen molar-refractivity contribution < 1.29 is 29.0 Å². The van der Waals surface area contributed by atoms with Gasteiger partial charge >= 0.3 is 6.09 Å². The van der Waals surface area contributed by atoms with E-state index in [4.69, 9.17) is 9.47 Å². The van der Waals surface area contributed by atoms with Crippen molar-refractivity contribution in [2.75, 3.05) is 6.54 Å². The van der Waals surface area contributed by atoms with E-state index in [-0.39, 0.29) is 17.0 Å². The Morgan fingerprint density at radius 3 is 2.48 bits per heavy atom. The van der Waals surface area contributed by atoms with Crippen molar-refractivity contribution in [3.05, 3.63) is 64.7 Å². The highest BCUT2D eigenvalue weighted by molar-refractivity contribution is 6.12. The molecule has 2 atom stereocenters. The third-order valence-corrected chi connectivity index (χ3v) is 5.84. The largest absolute Gasteiger partial charge is 0.454 e. The van der Waals surface area contributed by atoms with Crippen LogP contribution in [-0.4, -0.2) is 35.0 Å². The number of rotatable bonds is 4. The van der Waals surface area contributed by atoms with Gasteiger partial charge in [0, 0.05) is 16.7 Å². The third-order valence-electron chi connectivity index (χ3n) is 5.84. The van der Waals surface area contributed by atoms with Gasteiger partial charge in [0.25, 0.3) is 5.79 Å². The number of amides is 2. The van der Waals surface area contributed by atoms with Gasteiger partial charge in [0.2, 0.25) is 17.2 Å². The lowest BCUT2D eigenvalue weighted by molar-refractivity contribution is -0.175. The molecule has 8 heteroatoms. The van der Waals surface area contributed by atoms with Crippen molar-refractivity contribution >= 4 is 17.8 Å². The molecule has 0 fully saturated rings. The number of alkyl carbamates (subject to hydrolysis) is 1. The van der Waals surface area contributed by atoms with Gasteiger partial charge < -0.3 is 25.2 Å². The molecule has 3 N–H and O–H groups in total. The van der Waals surface area contributed by atoms with E-state index >= 15 is 0 Å². The second-order valence-corrected chi connectivity index (χ2v) is 9.68. The Hall–Kier alpha value is -3.39. The predicted octanol–water partition coefficient (Wildman–Crippen LogP) is 3.08. The number of nitrogens with one attached hydrogen (secondary N) is 2. The number of benzene rings is 2. The van der Waals surface area contributed by atoms with Gasteiger partial charge in [-0.05, 0) is 38.3 Å². The van der Waals surface area contributed by atoms with Crippen molar-refractivity contribution in [1.29, 1.82) is 0 Å². The molecule has 1 aliphatic carbocycles. The minimum absolute atomic E-state index is 0.195. The van der Waals surface area contributed by atoms with E-state index in [2.05, 4.69) is 10.6 Å². The Bertz CT molecular complexity index is 1150. The first kappa shape index (κ1) is 22.8. The summed E-state index contributed by atoms with van der Waals surface area (Å²) in [4.78, 5) is 38.6. The molecule has 1 aliphatic heterocycles. The normalized spacial score (nSPS) is 22.8. The van der Waals surface area contributed by atoms with Crippen LogP contribution in [0.4, 0.5) is 4.79 Å². The van der Waals surface area contributed by atoms with Crippen LogP contribution in [0.5, 0.6) is 5.75 Å². The average Bonchev–Trinajstić information content (AvgIpc) is 3.08. The highest BCUT2D eigenvalue weighted by Crippen LogP contribution is 2.58. The van der Waals surface area contributed by atoms with Crippen molar-refractivity contribution in [3.63, 3.8) is 0 Å². The first-order valence-electron chi connectivity index (χ1n) is 10.9. The maximum atomic E-state index is 13.7. The topological polar surface area (TPSA) is 114 Å². The van der Waals surface area contributed by atoms with Crippen molar-refractivity contribution in [3.8, 4) is 5.75 Å². The Labute approximate surface area is 192 Å². The molecule has 33 heavy (non-hydrogen) atoms. The molecule has 0 bridgehead atoms. The predicted molar refractivity (Wildman–Crippen MR) is 120 cm³/mol. The van der Waals surface area contributed by atoms with Crippen molar-refractivity contribution in [2.24, 2.45) is 0 Å². The van der Waals surface area contributed by atoms with Gasteiger partial charge in [0.1, 0.15) is 17.9 Å². The lowest BCUT2D eigenvalue weighted by Gasteiger charge is -2.34. The number of fused-ring (bicyclic) bond motifs is 5. The lowest BCUT2D eigenvalue weighted by atomic mass is 9.82. The monoisotopic (exact) mass is 452 g/mol. The molecule has 2 aliphatic rings. The van der Waals surface area contributed by atoms with E-state index in [0.29, 0.717) is 11.3 Å². The van der Waals surface area contributed by atoms with Gasteiger partial charge in [0.15, 0.2) is 0 Å². The van der Waals surface area contributed by atoms with Crippen LogP contribution in [0.15, 0.2) is 42.5 Å². The molecule has 0 saturated carbocycles. The smallest absolute Gasteiger partial charge is 0.408 e. The summed E-state index contributed by atoms with van der Waals surface area (Å²) in [5.74, 6) is -2.76. The summed E-state index contributed by atoms with van der Waals surface area (Å²) < 4.78 is 11.2. The van der Waals surface area contributed by atoms with Crippen LogP contribution >= 0.6 is 0 Å². The van der Waals surface area contributed by atoms with Crippen LogP contribution in [0, 0.1) is 0 Å². The number of carbonyl (C=O) groups excluding carboxylic acids is 3. The van der Waals surface area contributed by atoms with E-state index in [9.17, 15) is 19.5 Å². The van der Waals surface area contributed by atoms with Gasteiger partial charge in [-0.15, -0.1) is 0 Å². The highest BCUT2D eigenvalue weighted by Gasteiger charge is 2.71. The molecule has 1 heterocycles. The zero-order chi connectivity index (χ0) is 24.2. The summed E-state index contributed by atoms with van der Waals surface area (Å²) >= 11 is 0. The molecular weight excluding hydrogens is 424 g/mol. The van der Waals surface area contributed by atoms with E-state index in [1.807, 2.05) is 19.9 Å². The summed E-state index contributed by atoms with van der Waals surface area (Å²) in [6, 6.07) is 11.9. The molecule has 2 aromatic rings. The minimum atomic E-state index is -2.12. The van der Waals surface area contributed by atoms with Crippen LogP contribution in [-0.2, 0) is 20.9 Å². The Balaban J connectivity index is 1.71. The molecule has 2 amide bonds. The molecule has 0 aromatic heterocycles. The Kier molecular flexibility index (Phi) is 5.24. The molecule has 174 valence electrons. The average molecular weight is 453 g/mol. The number of aliphatic hydroxyl groups is 1. The van der Waals surface area contributed by atoms with Gasteiger partial charge in [0.05, 0.1) is 0 Å². The molecule has 0 saturated heterocycles. The van der Waals surface area contributed by atoms with E-state index in [0.717, 1.165) is 5.56 Å². The standard InChI is InChI=1S/C25H28N2O6/c1-14(2)15-10-11-18-19(12-15)32-25(31)17-9-7-6-8-16(17)21(29)24(18,25)27-20(28)13-26-22(30)33-23(3,4)5/h6-12,14,31H,13H2,1-5H3,(H,26,30)(H,27,28). The summed E-state index contributed by atoms with van der Waals surface area (Å²) in [7, 11) is 0. The molecule has 0 spiro atoms. The van der Waals surface area contributed by atoms with Gasteiger partial charge in [-0.1, -0.05) is 50.2 Å². The number of carbonyl (C=O) groups is 3. The van der Waals surface area contributed by atoms with Crippen molar-refractivity contribution in [1.82, 2.24) is 10.6 Å². The summed E-state index contributed by atoms with van der Waals surface area (Å²) in [6.07, 6.45) is -0.768. The number of Topliss-reactive ketones (excluding diaryl/α,β-unsaturated/α-hetero) is 1. The minimum Gasteiger partial charge on any atom is -0.454 e. The maximum Gasteiger partial charge on any atom is 0.408 e. The van der Waals surface area contributed by atoms with Gasteiger partial charge in [-0.2, -0.15) is 0 Å². The first-order valence-corrected chi connectivity index (χ1v) is 10.9. The third kappa shape index (κ3) is 3.54.